The second kappa shape index (κ2) is 6.13. The van der Waals surface area contributed by atoms with E-state index in [0.717, 1.165) is 4.47 Å². The summed E-state index contributed by atoms with van der Waals surface area (Å²) in [6, 6.07) is 3.59. The van der Waals surface area contributed by atoms with E-state index >= 15 is 0 Å². The Kier molecular flexibility index (Phi) is 5.07. The Morgan fingerprint density at radius 1 is 1.61 bits per heavy atom. The minimum absolute atomic E-state index is 0.106. The van der Waals surface area contributed by atoms with E-state index in [0.29, 0.717) is 18.7 Å². The Balaban J connectivity index is 2.47. The minimum Gasteiger partial charge on any atom is -0.475 e. The smallest absolute Gasteiger partial charge is 0.216 e. The lowest BCUT2D eigenvalue weighted by Crippen LogP contribution is -2.32. The maximum Gasteiger partial charge on any atom is 0.216 e. The Morgan fingerprint density at radius 2 is 2.28 bits per heavy atom. The van der Waals surface area contributed by atoms with Gasteiger partial charge >= 0.3 is 0 Å². The molecular weight excluding hydrogens is 300 g/mol. The van der Waals surface area contributed by atoms with E-state index in [2.05, 4.69) is 20.9 Å². The molecule has 0 N–H and O–H groups in total. The third-order valence-electron chi connectivity index (χ3n) is 2.68. The molecule has 0 aromatic carbocycles. The average molecular weight is 317 g/mol. The van der Waals surface area contributed by atoms with Crippen molar-refractivity contribution in [2.45, 2.75) is 45.3 Å². The van der Waals surface area contributed by atoms with Crippen LogP contribution >= 0.6 is 15.9 Å². The number of nitrogens with zero attached hydrogens (tertiary/aromatic N) is 2. The number of ether oxygens (including phenoxy) is 1. The molecule has 1 aromatic heterocycles. The van der Waals surface area contributed by atoms with Gasteiger partial charge in [-0.2, -0.15) is 0 Å². The summed E-state index contributed by atoms with van der Waals surface area (Å²) < 4.78 is 6.50. The maximum atomic E-state index is 10.8. The van der Waals surface area contributed by atoms with Crippen molar-refractivity contribution in [3.05, 3.63) is 32.9 Å². The van der Waals surface area contributed by atoms with E-state index in [4.69, 9.17) is 4.74 Å². The lowest BCUT2D eigenvalue weighted by atomic mass is 9.98. The van der Waals surface area contributed by atoms with Crippen LogP contribution in [0.4, 0.5) is 0 Å². The van der Waals surface area contributed by atoms with Crippen molar-refractivity contribution in [1.29, 1.82) is 0 Å². The second-order valence-corrected chi connectivity index (χ2v) is 5.76. The van der Waals surface area contributed by atoms with Crippen LogP contribution in [0.3, 0.4) is 0 Å². The summed E-state index contributed by atoms with van der Waals surface area (Å²) in [6.07, 6.45) is 2.62. The van der Waals surface area contributed by atoms with Crippen LogP contribution in [0.15, 0.2) is 22.8 Å². The third-order valence-corrected chi connectivity index (χ3v) is 3.17. The lowest BCUT2D eigenvalue weighted by molar-refractivity contribution is -0.561. The Bertz CT molecular complexity index is 424. The molecule has 0 amide bonds. The van der Waals surface area contributed by atoms with Gasteiger partial charge < -0.3 is 4.74 Å². The average Bonchev–Trinajstić information content (AvgIpc) is 2.26. The van der Waals surface area contributed by atoms with Crippen molar-refractivity contribution in [1.82, 2.24) is 4.98 Å². The van der Waals surface area contributed by atoms with Gasteiger partial charge in [0.15, 0.2) is 0 Å². The standard InChI is InChI=1S/C12H17BrN2O3/c1-9(4-6-12(2,3)15(16)17)18-11-8-10(13)5-7-14-11/h5,7-9H,4,6H2,1-3H3. The fourth-order valence-electron chi connectivity index (χ4n) is 1.36. The number of pyridine rings is 1. The molecule has 0 bridgehead atoms. The van der Waals surface area contributed by atoms with Crippen molar-refractivity contribution >= 4 is 15.9 Å². The molecular formula is C12H17BrN2O3. The van der Waals surface area contributed by atoms with E-state index in [9.17, 15) is 10.1 Å². The maximum absolute atomic E-state index is 10.8. The van der Waals surface area contributed by atoms with Crippen LogP contribution in [0.2, 0.25) is 0 Å². The van der Waals surface area contributed by atoms with Crippen molar-refractivity contribution in [2.75, 3.05) is 0 Å². The first-order valence-corrected chi connectivity index (χ1v) is 6.53. The number of hydrogen-bond acceptors (Lipinski definition) is 4. The first-order chi connectivity index (χ1) is 8.31. The highest BCUT2D eigenvalue weighted by atomic mass is 79.9. The zero-order valence-corrected chi connectivity index (χ0v) is 12.3. The highest BCUT2D eigenvalue weighted by molar-refractivity contribution is 9.10. The molecule has 0 saturated heterocycles. The molecule has 0 aliphatic heterocycles. The molecule has 0 radical (unpaired) electrons. The molecule has 18 heavy (non-hydrogen) atoms. The molecule has 1 heterocycles. The van der Waals surface area contributed by atoms with Gasteiger partial charge in [0.25, 0.3) is 0 Å². The van der Waals surface area contributed by atoms with Gasteiger partial charge in [0.1, 0.15) is 0 Å². The Labute approximate surface area is 115 Å². The highest BCUT2D eigenvalue weighted by Crippen LogP contribution is 2.20. The van der Waals surface area contributed by atoms with Crippen molar-refractivity contribution in [2.24, 2.45) is 0 Å². The van der Waals surface area contributed by atoms with Crippen molar-refractivity contribution in [3.63, 3.8) is 0 Å². The molecule has 1 aromatic rings. The second-order valence-electron chi connectivity index (χ2n) is 4.85. The predicted molar refractivity (Wildman–Crippen MR) is 72.3 cm³/mol. The van der Waals surface area contributed by atoms with Crippen molar-refractivity contribution in [3.8, 4) is 5.88 Å². The number of aromatic nitrogens is 1. The molecule has 0 aliphatic carbocycles. The molecule has 1 unspecified atom stereocenters. The summed E-state index contributed by atoms with van der Waals surface area (Å²) >= 11 is 3.33. The van der Waals surface area contributed by atoms with Gasteiger partial charge in [0.05, 0.1) is 6.10 Å². The van der Waals surface area contributed by atoms with Gasteiger partial charge in [-0.1, -0.05) is 15.9 Å². The molecule has 0 spiro atoms. The largest absolute Gasteiger partial charge is 0.475 e. The van der Waals surface area contributed by atoms with Crippen LogP contribution in [-0.2, 0) is 0 Å². The van der Waals surface area contributed by atoms with Crippen LogP contribution in [0.25, 0.3) is 0 Å². The van der Waals surface area contributed by atoms with Crippen LogP contribution in [-0.4, -0.2) is 21.6 Å². The normalized spacial score (nSPS) is 13.1. The summed E-state index contributed by atoms with van der Waals surface area (Å²) in [5.41, 5.74) is -0.914. The number of hydrogen-bond donors (Lipinski definition) is 0. The van der Waals surface area contributed by atoms with Crippen LogP contribution in [0, 0.1) is 10.1 Å². The highest BCUT2D eigenvalue weighted by Gasteiger charge is 2.30. The van der Waals surface area contributed by atoms with Crippen LogP contribution in [0.1, 0.15) is 33.6 Å². The first-order valence-electron chi connectivity index (χ1n) is 5.74. The van der Waals surface area contributed by atoms with E-state index in [1.807, 2.05) is 13.0 Å². The molecule has 0 saturated carbocycles. The zero-order valence-electron chi connectivity index (χ0n) is 10.7. The summed E-state index contributed by atoms with van der Waals surface area (Å²) in [6.45, 7) is 5.13. The zero-order chi connectivity index (χ0) is 13.8. The number of nitro groups is 1. The summed E-state index contributed by atoms with van der Waals surface area (Å²) in [4.78, 5) is 14.6. The summed E-state index contributed by atoms with van der Waals surface area (Å²) in [5.74, 6) is 0.524. The third kappa shape index (κ3) is 4.60. The molecule has 100 valence electrons. The molecule has 1 atom stereocenters. The molecule has 0 fully saturated rings. The molecule has 6 heteroatoms. The lowest BCUT2D eigenvalue weighted by Gasteiger charge is -2.19. The summed E-state index contributed by atoms with van der Waals surface area (Å²) in [5, 5.41) is 10.8. The van der Waals surface area contributed by atoms with E-state index in [1.54, 1.807) is 26.1 Å². The van der Waals surface area contributed by atoms with E-state index in [1.165, 1.54) is 0 Å². The van der Waals surface area contributed by atoms with Crippen LogP contribution in [0.5, 0.6) is 5.88 Å². The molecule has 1 rings (SSSR count). The number of rotatable bonds is 6. The van der Waals surface area contributed by atoms with Gasteiger partial charge in [-0.25, -0.2) is 4.98 Å². The van der Waals surface area contributed by atoms with Gasteiger partial charge in [0.2, 0.25) is 11.4 Å². The van der Waals surface area contributed by atoms with Gasteiger partial charge in [-0.05, 0) is 19.4 Å². The fourth-order valence-corrected chi connectivity index (χ4v) is 1.68. The topological polar surface area (TPSA) is 65.3 Å². The Hall–Kier alpha value is -1.17. The minimum atomic E-state index is -0.914. The predicted octanol–water partition coefficient (Wildman–Crippen LogP) is 3.45. The Morgan fingerprint density at radius 3 is 2.83 bits per heavy atom. The monoisotopic (exact) mass is 316 g/mol. The van der Waals surface area contributed by atoms with Gasteiger partial charge in [-0.15, -0.1) is 0 Å². The molecule has 0 aliphatic rings. The quantitative estimate of drug-likeness (QED) is 0.595. The first kappa shape index (κ1) is 14.9. The fraction of sp³-hybridized carbons (Fsp3) is 0.583. The van der Waals surface area contributed by atoms with Gasteiger partial charge in [-0.3, -0.25) is 10.1 Å². The number of halogens is 1. The van der Waals surface area contributed by atoms with E-state index < -0.39 is 5.54 Å². The van der Waals surface area contributed by atoms with Crippen molar-refractivity contribution < 1.29 is 9.66 Å². The molecule has 5 nitrogen and oxygen atoms in total. The van der Waals surface area contributed by atoms with Gasteiger partial charge in [0, 0.05) is 41.9 Å². The van der Waals surface area contributed by atoms with E-state index in [-0.39, 0.29) is 11.0 Å². The van der Waals surface area contributed by atoms with Crippen LogP contribution < -0.4 is 4.74 Å². The summed E-state index contributed by atoms with van der Waals surface area (Å²) in [7, 11) is 0. The SMILES string of the molecule is CC(CCC(C)(C)[N+](=O)[O-])Oc1cc(Br)ccn1.